The summed E-state index contributed by atoms with van der Waals surface area (Å²) in [6.45, 7) is 1.76. The fourth-order valence-electron chi connectivity index (χ4n) is 1.74. The van der Waals surface area contributed by atoms with Crippen LogP contribution in [0.2, 0.25) is 5.02 Å². The molecule has 3 rings (SSSR count). The lowest BCUT2D eigenvalue weighted by Gasteiger charge is -2.09. The molecule has 1 N–H and O–H groups in total. The smallest absolute Gasteiger partial charge is 0.284 e. The van der Waals surface area contributed by atoms with E-state index in [9.17, 15) is 4.79 Å². The van der Waals surface area contributed by atoms with Crippen LogP contribution in [-0.2, 0) is 4.79 Å². The molecule has 0 aliphatic heterocycles. The van der Waals surface area contributed by atoms with Crippen molar-refractivity contribution in [2.45, 2.75) is 17.4 Å². The molecule has 0 bridgehead atoms. The third-order valence-corrected chi connectivity index (χ3v) is 4.08. The van der Waals surface area contributed by atoms with Crippen molar-refractivity contribution in [3.8, 4) is 11.7 Å². The number of rotatable bonds is 5. The van der Waals surface area contributed by atoms with Gasteiger partial charge < -0.3 is 14.2 Å². The Kier molecular flexibility index (Phi) is 4.68. The van der Waals surface area contributed by atoms with Crippen LogP contribution in [0.25, 0.3) is 11.7 Å². The van der Waals surface area contributed by atoms with Gasteiger partial charge in [-0.3, -0.25) is 4.79 Å². The molecule has 1 atom stereocenters. The third-order valence-electron chi connectivity index (χ3n) is 2.90. The molecule has 0 unspecified atom stereocenters. The number of halogens is 1. The highest BCUT2D eigenvalue weighted by atomic mass is 35.5. The van der Waals surface area contributed by atoms with Crippen LogP contribution < -0.4 is 5.32 Å². The summed E-state index contributed by atoms with van der Waals surface area (Å²) in [5, 5.41) is 11.1. The molecule has 0 fully saturated rings. The van der Waals surface area contributed by atoms with E-state index in [1.807, 2.05) is 0 Å². The molecule has 0 radical (unpaired) electrons. The lowest BCUT2D eigenvalue weighted by Crippen LogP contribution is -2.22. The number of anilines is 1. The number of hydrogen-bond donors (Lipinski definition) is 1. The standard InChI is InChI=1S/C15H12ClN3O3S/c1-9(13(20)17-11-6-4-10(16)5-7-11)23-15-19-18-14(22-15)12-3-2-8-21-12/h2-9H,1H3,(H,17,20)/t9-/m0/s1. The van der Waals surface area contributed by atoms with E-state index in [1.54, 1.807) is 43.3 Å². The predicted molar refractivity (Wildman–Crippen MR) is 87.4 cm³/mol. The summed E-state index contributed by atoms with van der Waals surface area (Å²) in [6, 6.07) is 10.3. The van der Waals surface area contributed by atoms with Crippen molar-refractivity contribution in [1.29, 1.82) is 0 Å². The average molecular weight is 350 g/mol. The molecule has 2 heterocycles. The summed E-state index contributed by atoms with van der Waals surface area (Å²) < 4.78 is 10.6. The lowest BCUT2D eigenvalue weighted by atomic mass is 10.3. The highest BCUT2D eigenvalue weighted by molar-refractivity contribution is 8.00. The van der Waals surface area contributed by atoms with E-state index < -0.39 is 5.25 Å². The topological polar surface area (TPSA) is 81.2 Å². The number of thioether (sulfide) groups is 1. The van der Waals surface area contributed by atoms with Gasteiger partial charge in [-0.1, -0.05) is 23.4 Å². The summed E-state index contributed by atoms with van der Waals surface area (Å²) >= 11 is 6.98. The fourth-order valence-corrected chi connectivity index (χ4v) is 2.55. The number of amides is 1. The zero-order valence-electron chi connectivity index (χ0n) is 12.0. The number of carbonyl (C=O) groups excluding carboxylic acids is 1. The molecule has 6 nitrogen and oxygen atoms in total. The Balaban J connectivity index is 1.61. The Morgan fingerprint density at radius 2 is 2.04 bits per heavy atom. The van der Waals surface area contributed by atoms with Crippen LogP contribution in [-0.4, -0.2) is 21.4 Å². The van der Waals surface area contributed by atoms with Crippen LogP contribution in [0.1, 0.15) is 6.92 Å². The second-order valence-electron chi connectivity index (χ2n) is 4.61. The Labute approximate surface area is 141 Å². The molecule has 0 aliphatic rings. The first-order valence-corrected chi connectivity index (χ1v) is 7.98. The van der Waals surface area contributed by atoms with Gasteiger partial charge in [-0.25, -0.2) is 0 Å². The van der Waals surface area contributed by atoms with Gasteiger partial charge in [0.05, 0.1) is 11.5 Å². The van der Waals surface area contributed by atoms with Crippen molar-refractivity contribution >= 4 is 35.0 Å². The molecule has 3 aromatic rings. The van der Waals surface area contributed by atoms with Crippen molar-refractivity contribution in [2.24, 2.45) is 0 Å². The van der Waals surface area contributed by atoms with Crippen molar-refractivity contribution in [3.63, 3.8) is 0 Å². The molecule has 0 saturated carbocycles. The first kappa shape index (κ1) is 15.6. The van der Waals surface area contributed by atoms with Crippen LogP contribution in [0.3, 0.4) is 0 Å². The van der Waals surface area contributed by atoms with Crippen molar-refractivity contribution in [2.75, 3.05) is 5.32 Å². The van der Waals surface area contributed by atoms with Crippen molar-refractivity contribution < 1.29 is 13.6 Å². The first-order valence-electron chi connectivity index (χ1n) is 6.72. The summed E-state index contributed by atoms with van der Waals surface area (Å²) in [7, 11) is 0. The van der Waals surface area contributed by atoms with Gasteiger partial charge in [0.25, 0.3) is 11.1 Å². The SMILES string of the molecule is C[C@H](Sc1nnc(-c2ccco2)o1)C(=O)Nc1ccc(Cl)cc1. The monoisotopic (exact) mass is 349 g/mol. The molecule has 23 heavy (non-hydrogen) atoms. The van der Waals surface area contributed by atoms with Crippen LogP contribution in [0.15, 0.2) is 56.7 Å². The summed E-state index contributed by atoms with van der Waals surface area (Å²) in [5.41, 5.74) is 0.675. The number of nitrogens with one attached hydrogen (secondary N) is 1. The Morgan fingerprint density at radius 1 is 1.26 bits per heavy atom. The van der Waals surface area contributed by atoms with E-state index in [4.69, 9.17) is 20.4 Å². The van der Waals surface area contributed by atoms with E-state index >= 15 is 0 Å². The average Bonchev–Trinajstić information content (AvgIpc) is 3.20. The zero-order chi connectivity index (χ0) is 16.2. The number of carbonyl (C=O) groups is 1. The van der Waals surface area contributed by atoms with Gasteiger partial charge in [0.15, 0.2) is 5.76 Å². The minimum atomic E-state index is -0.407. The molecule has 0 saturated heterocycles. The minimum absolute atomic E-state index is 0.171. The second kappa shape index (κ2) is 6.89. The van der Waals surface area contributed by atoms with Gasteiger partial charge in [0.1, 0.15) is 0 Å². The van der Waals surface area contributed by atoms with Gasteiger partial charge in [0.2, 0.25) is 5.91 Å². The molecule has 2 aromatic heterocycles. The van der Waals surface area contributed by atoms with E-state index in [1.165, 1.54) is 18.0 Å². The molecule has 8 heteroatoms. The van der Waals surface area contributed by atoms with Crippen LogP contribution in [0, 0.1) is 0 Å². The number of hydrogen-bond acceptors (Lipinski definition) is 6. The minimum Gasteiger partial charge on any atom is -0.459 e. The largest absolute Gasteiger partial charge is 0.459 e. The molecular weight excluding hydrogens is 338 g/mol. The Bertz CT molecular complexity index is 787. The molecule has 1 amide bonds. The van der Waals surface area contributed by atoms with E-state index in [0.717, 1.165) is 0 Å². The van der Waals surface area contributed by atoms with Crippen molar-refractivity contribution in [3.05, 3.63) is 47.7 Å². The molecule has 0 aliphatic carbocycles. The molecule has 1 aromatic carbocycles. The molecular formula is C15H12ClN3O3S. The highest BCUT2D eigenvalue weighted by Crippen LogP contribution is 2.27. The molecule has 0 spiro atoms. The maximum atomic E-state index is 12.2. The first-order chi connectivity index (χ1) is 11.1. The van der Waals surface area contributed by atoms with Gasteiger partial charge >= 0.3 is 0 Å². The number of furan rings is 1. The van der Waals surface area contributed by atoms with Gasteiger partial charge in [-0.15, -0.1) is 10.2 Å². The van der Waals surface area contributed by atoms with Gasteiger partial charge in [-0.2, -0.15) is 0 Å². The lowest BCUT2D eigenvalue weighted by molar-refractivity contribution is -0.115. The zero-order valence-corrected chi connectivity index (χ0v) is 13.6. The Hall–Kier alpha value is -2.25. The number of nitrogens with zero attached hydrogens (tertiary/aromatic N) is 2. The summed E-state index contributed by atoms with van der Waals surface area (Å²) in [6.07, 6.45) is 1.52. The number of aromatic nitrogens is 2. The van der Waals surface area contributed by atoms with Crippen LogP contribution >= 0.6 is 23.4 Å². The predicted octanol–water partition coefficient (Wildman–Crippen LogP) is 4.10. The normalized spacial score (nSPS) is 12.1. The maximum Gasteiger partial charge on any atom is 0.284 e. The molecule has 118 valence electrons. The maximum absolute atomic E-state index is 12.2. The summed E-state index contributed by atoms with van der Waals surface area (Å²) in [5.74, 6) is 0.598. The van der Waals surface area contributed by atoms with E-state index in [0.29, 0.717) is 21.7 Å². The van der Waals surface area contributed by atoms with Crippen LogP contribution in [0.4, 0.5) is 5.69 Å². The van der Waals surface area contributed by atoms with E-state index in [-0.39, 0.29) is 11.8 Å². The highest BCUT2D eigenvalue weighted by Gasteiger charge is 2.19. The van der Waals surface area contributed by atoms with E-state index in [2.05, 4.69) is 15.5 Å². The summed E-state index contributed by atoms with van der Waals surface area (Å²) in [4.78, 5) is 12.2. The number of benzene rings is 1. The van der Waals surface area contributed by atoms with Gasteiger partial charge in [-0.05, 0) is 43.3 Å². The second-order valence-corrected chi connectivity index (χ2v) is 6.34. The van der Waals surface area contributed by atoms with Gasteiger partial charge in [0, 0.05) is 10.7 Å². The quantitative estimate of drug-likeness (QED) is 0.698. The Morgan fingerprint density at radius 3 is 2.74 bits per heavy atom. The van der Waals surface area contributed by atoms with Crippen molar-refractivity contribution in [1.82, 2.24) is 10.2 Å². The third kappa shape index (κ3) is 3.94. The fraction of sp³-hybridized carbons (Fsp3) is 0.133. The van der Waals surface area contributed by atoms with Crippen LogP contribution in [0.5, 0.6) is 0 Å².